The molecule has 7 nitrogen and oxygen atoms in total. The van der Waals surface area contributed by atoms with Gasteiger partial charge in [-0.1, -0.05) is 0 Å². The van der Waals surface area contributed by atoms with Crippen LogP contribution in [0.5, 0.6) is 0 Å². The van der Waals surface area contributed by atoms with E-state index in [1.54, 1.807) is 0 Å². The minimum Gasteiger partial charge on any atom is -0.476 e. The highest BCUT2D eigenvalue weighted by Crippen LogP contribution is 2.13. The molecule has 0 aliphatic rings. The first-order valence-corrected chi connectivity index (χ1v) is 3.93. The normalized spacial score (nSPS) is 9.73. The van der Waals surface area contributed by atoms with Crippen molar-refractivity contribution < 1.29 is 19.4 Å². The number of methoxy groups -OCH3 is 1. The van der Waals surface area contributed by atoms with Gasteiger partial charge in [0.15, 0.2) is 5.69 Å². The van der Waals surface area contributed by atoms with Crippen LogP contribution >= 0.6 is 0 Å². The molecule has 0 amide bonds. The summed E-state index contributed by atoms with van der Waals surface area (Å²) in [7, 11) is 1.14. The number of hydrogen-bond acceptors (Lipinski definition) is 6. The van der Waals surface area contributed by atoms with Gasteiger partial charge >= 0.3 is 11.9 Å². The van der Waals surface area contributed by atoms with Crippen LogP contribution in [0.4, 0.5) is 5.95 Å². The molecule has 0 aromatic carbocycles. The molecular formula is C8H9N3O4. The molecule has 0 aliphatic heterocycles. The highest BCUT2D eigenvalue weighted by molar-refractivity contribution is 6.01. The molecule has 0 aliphatic carbocycles. The molecule has 15 heavy (non-hydrogen) atoms. The second kappa shape index (κ2) is 3.91. The quantitative estimate of drug-likeness (QED) is 0.653. The number of aromatic nitrogens is 2. The standard InChI is InChI=1S/C8H9N3O4/c1-3-4(7(14)15-2)5(6(12)13)11-8(9)10-3/h1-2H3,(H,12,13)(H2,9,10,11). The maximum absolute atomic E-state index is 11.3. The Morgan fingerprint density at radius 3 is 2.47 bits per heavy atom. The Bertz CT molecular complexity index is 430. The van der Waals surface area contributed by atoms with Crippen molar-refractivity contribution in [3.05, 3.63) is 17.0 Å². The van der Waals surface area contributed by atoms with Crippen LogP contribution in [0.15, 0.2) is 0 Å². The molecule has 0 fully saturated rings. The minimum absolute atomic E-state index is 0.173. The summed E-state index contributed by atoms with van der Waals surface area (Å²) in [5.41, 5.74) is 4.81. The van der Waals surface area contributed by atoms with E-state index in [4.69, 9.17) is 10.8 Å². The molecule has 1 aromatic rings. The monoisotopic (exact) mass is 211 g/mol. The van der Waals surface area contributed by atoms with Gasteiger partial charge in [0.1, 0.15) is 5.56 Å². The Kier molecular flexibility index (Phi) is 2.84. The van der Waals surface area contributed by atoms with Crippen molar-refractivity contribution in [3.63, 3.8) is 0 Å². The molecule has 0 saturated heterocycles. The fourth-order valence-electron chi connectivity index (χ4n) is 1.10. The van der Waals surface area contributed by atoms with E-state index >= 15 is 0 Å². The SMILES string of the molecule is COC(=O)c1c(C)nc(N)nc1C(=O)O. The van der Waals surface area contributed by atoms with Crippen LogP contribution < -0.4 is 5.73 Å². The fourth-order valence-corrected chi connectivity index (χ4v) is 1.10. The second-order valence-corrected chi connectivity index (χ2v) is 2.69. The first-order valence-electron chi connectivity index (χ1n) is 3.93. The molecule has 80 valence electrons. The number of rotatable bonds is 2. The van der Waals surface area contributed by atoms with Gasteiger partial charge in [0.2, 0.25) is 5.95 Å². The number of ether oxygens (including phenoxy) is 1. The summed E-state index contributed by atoms with van der Waals surface area (Å²) in [5.74, 6) is -2.35. The van der Waals surface area contributed by atoms with E-state index in [0.29, 0.717) is 0 Å². The highest BCUT2D eigenvalue weighted by Gasteiger charge is 2.23. The van der Waals surface area contributed by atoms with E-state index in [0.717, 1.165) is 7.11 Å². The Hall–Kier alpha value is -2.18. The zero-order valence-electron chi connectivity index (χ0n) is 8.14. The molecule has 0 bridgehead atoms. The lowest BCUT2D eigenvalue weighted by Crippen LogP contribution is -2.17. The number of nitrogens with two attached hydrogens (primary N) is 1. The molecular weight excluding hydrogens is 202 g/mol. The summed E-state index contributed by atoms with van der Waals surface area (Å²) in [6.45, 7) is 1.46. The number of hydrogen-bond donors (Lipinski definition) is 2. The van der Waals surface area contributed by atoms with E-state index in [2.05, 4.69) is 14.7 Å². The molecule has 1 heterocycles. The number of aryl methyl sites for hydroxylation is 1. The predicted octanol–water partition coefficient (Wildman–Crippen LogP) is -0.148. The van der Waals surface area contributed by atoms with Crippen molar-refractivity contribution in [1.82, 2.24) is 9.97 Å². The van der Waals surface area contributed by atoms with Crippen LogP contribution in [0.25, 0.3) is 0 Å². The molecule has 7 heteroatoms. The molecule has 0 radical (unpaired) electrons. The third kappa shape index (κ3) is 2.01. The molecule has 0 unspecified atom stereocenters. The van der Waals surface area contributed by atoms with Gasteiger partial charge < -0.3 is 15.6 Å². The maximum atomic E-state index is 11.3. The summed E-state index contributed by atoms with van der Waals surface area (Å²) in [6, 6.07) is 0. The second-order valence-electron chi connectivity index (χ2n) is 2.69. The number of nitrogens with zero attached hydrogens (tertiary/aromatic N) is 2. The number of carbonyl (C=O) groups excluding carboxylic acids is 1. The minimum atomic E-state index is -1.35. The first-order chi connectivity index (χ1) is 6.97. The molecule has 0 atom stereocenters. The van der Waals surface area contributed by atoms with E-state index < -0.39 is 17.6 Å². The lowest BCUT2D eigenvalue weighted by Gasteiger charge is -2.06. The average Bonchev–Trinajstić information content (AvgIpc) is 2.15. The number of carboxylic acids is 1. The van der Waals surface area contributed by atoms with Gasteiger partial charge in [0, 0.05) is 0 Å². The van der Waals surface area contributed by atoms with E-state index in [-0.39, 0.29) is 17.2 Å². The third-order valence-corrected chi connectivity index (χ3v) is 1.70. The Morgan fingerprint density at radius 2 is 2.00 bits per heavy atom. The summed E-state index contributed by atoms with van der Waals surface area (Å²) in [5, 5.41) is 8.81. The van der Waals surface area contributed by atoms with Crippen molar-refractivity contribution in [2.75, 3.05) is 12.8 Å². The number of esters is 1. The van der Waals surface area contributed by atoms with Gasteiger partial charge in [-0.3, -0.25) is 0 Å². The van der Waals surface area contributed by atoms with Gasteiger partial charge in [-0.25, -0.2) is 19.6 Å². The Labute approximate surface area is 84.9 Å². The van der Waals surface area contributed by atoms with Crippen molar-refractivity contribution in [2.45, 2.75) is 6.92 Å². The molecule has 3 N–H and O–H groups in total. The summed E-state index contributed by atoms with van der Waals surface area (Å²) >= 11 is 0. The van der Waals surface area contributed by atoms with E-state index in [1.807, 2.05) is 0 Å². The van der Waals surface area contributed by atoms with Crippen molar-refractivity contribution in [2.24, 2.45) is 0 Å². The van der Waals surface area contributed by atoms with Crippen LogP contribution in [0.1, 0.15) is 26.5 Å². The topological polar surface area (TPSA) is 115 Å². The largest absolute Gasteiger partial charge is 0.476 e. The van der Waals surface area contributed by atoms with Gasteiger partial charge in [0.05, 0.1) is 12.8 Å². The van der Waals surface area contributed by atoms with Gasteiger partial charge in [-0.15, -0.1) is 0 Å². The van der Waals surface area contributed by atoms with Crippen LogP contribution in [-0.4, -0.2) is 34.1 Å². The number of nitrogen functional groups attached to an aromatic ring is 1. The van der Waals surface area contributed by atoms with E-state index in [1.165, 1.54) is 6.92 Å². The number of carbonyl (C=O) groups is 2. The van der Waals surface area contributed by atoms with Crippen molar-refractivity contribution >= 4 is 17.9 Å². The molecule has 1 rings (SSSR count). The van der Waals surface area contributed by atoms with Crippen LogP contribution in [0.3, 0.4) is 0 Å². The van der Waals surface area contributed by atoms with Gasteiger partial charge in [-0.05, 0) is 6.92 Å². The first kappa shape index (κ1) is 10.9. The van der Waals surface area contributed by atoms with Crippen LogP contribution in [0, 0.1) is 6.92 Å². The van der Waals surface area contributed by atoms with Gasteiger partial charge in [-0.2, -0.15) is 0 Å². The molecule has 1 aromatic heterocycles. The number of anilines is 1. The predicted molar refractivity (Wildman–Crippen MR) is 49.5 cm³/mol. The lowest BCUT2D eigenvalue weighted by molar-refractivity contribution is 0.0578. The van der Waals surface area contributed by atoms with Gasteiger partial charge in [0.25, 0.3) is 0 Å². The highest BCUT2D eigenvalue weighted by atomic mass is 16.5. The van der Waals surface area contributed by atoms with Crippen molar-refractivity contribution in [3.8, 4) is 0 Å². The Balaban J connectivity index is 3.46. The third-order valence-electron chi connectivity index (χ3n) is 1.70. The number of aromatic carboxylic acids is 1. The fraction of sp³-hybridized carbons (Fsp3) is 0.250. The molecule has 0 spiro atoms. The zero-order valence-corrected chi connectivity index (χ0v) is 8.14. The molecule has 0 saturated carbocycles. The summed E-state index contributed by atoms with van der Waals surface area (Å²) in [4.78, 5) is 29.2. The lowest BCUT2D eigenvalue weighted by atomic mass is 10.1. The number of carboxylic acid groups (broad SMARTS) is 1. The maximum Gasteiger partial charge on any atom is 0.355 e. The average molecular weight is 211 g/mol. The summed E-state index contributed by atoms with van der Waals surface area (Å²) < 4.78 is 4.42. The van der Waals surface area contributed by atoms with Crippen LogP contribution in [0.2, 0.25) is 0 Å². The summed E-state index contributed by atoms with van der Waals surface area (Å²) in [6.07, 6.45) is 0. The smallest absolute Gasteiger partial charge is 0.355 e. The van der Waals surface area contributed by atoms with Crippen molar-refractivity contribution in [1.29, 1.82) is 0 Å². The zero-order chi connectivity index (χ0) is 11.6. The van der Waals surface area contributed by atoms with Crippen LogP contribution in [-0.2, 0) is 4.74 Å². The van der Waals surface area contributed by atoms with E-state index in [9.17, 15) is 9.59 Å². The Morgan fingerprint density at radius 1 is 1.40 bits per heavy atom.